The average molecular weight is 365 g/mol. The predicted octanol–water partition coefficient (Wildman–Crippen LogP) is 2.92. The molecule has 2 heterocycles. The van der Waals surface area contributed by atoms with E-state index in [0.29, 0.717) is 21.4 Å². The van der Waals surface area contributed by atoms with Gasteiger partial charge in [-0.3, -0.25) is 9.20 Å². The van der Waals surface area contributed by atoms with Crippen LogP contribution in [0.3, 0.4) is 0 Å². The van der Waals surface area contributed by atoms with Gasteiger partial charge in [0.25, 0.3) is 5.56 Å². The van der Waals surface area contributed by atoms with E-state index in [4.69, 9.17) is 21.1 Å². The Kier molecular flexibility index (Phi) is 4.82. The third kappa shape index (κ3) is 3.74. The molecule has 0 N–H and O–H groups in total. The van der Waals surface area contributed by atoms with Crippen molar-refractivity contribution in [2.75, 3.05) is 0 Å². The van der Waals surface area contributed by atoms with E-state index in [9.17, 15) is 9.59 Å². The zero-order valence-electron chi connectivity index (χ0n) is 12.6. The topological polar surface area (TPSA) is 69.9 Å². The number of rotatable bonds is 5. The monoisotopic (exact) mass is 364 g/mol. The molecule has 0 spiro atoms. The van der Waals surface area contributed by atoms with Gasteiger partial charge in [-0.2, -0.15) is 0 Å². The minimum atomic E-state index is -0.794. The molecule has 3 rings (SSSR count). The zero-order chi connectivity index (χ0) is 17.1. The lowest BCUT2D eigenvalue weighted by Crippen LogP contribution is -2.26. The first kappa shape index (κ1) is 16.5. The van der Waals surface area contributed by atoms with E-state index >= 15 is 0 Å². The molecule has 6 nitrogen and oxygen atoms in total. The van der Waals surface area contributed by atoms with E-state index in [1.165, 1.54) is 21.8 Å². The fourth-order valence-electron chi connectivity index (χ4n) is 1.99. The van der Waals surface area contributed by atoms with Gasteiger partial charge in [0.2, 0.25) is 0 Å². The number of esters is 1. The summed E-state index contributed by atoms with van der Waals surface area (Å²) < 4.78 is 12.1. The van der Waals surface area contributed by atoms with Crippen LogP contribution in [0.15, 0.2) is 46.7 Å². The third-order valence-electron chi connectivity index (χ3n) is 3.18. The van der Waals surface area contributed by atoms with Gasteiger partial charge in [0.05, 0.1) is 5.69 Å². The molecule has 0 aliphatic carbocycles. The summed E-state index contributed by atoms with van der Waals surface area (Å²) in [6.45, 7) is 1.50. The highest BCUT2D eigenvalue weighted by molar-refractivity contribution is 7.15. The summed E-state index contributed by atoms with van der Waals surface area (Å²) in [5.41, 5.74) is 0.187. The highest BCUT2D eigenvalue weighted by Gasteiger charge is 2.17. The van der Waals surface area contributed by atoms with Crippen molar-refractivity contribution in [3.05, 3.63) is 63.0 Å². The van der Waals surface area contributed by atoms with Crippen LogP contribution in [0.4, 0.5) is 0 Å². The highest BCUT2D eigenvalue weighted by Crippen LogP contribution is 2.17. The number of aromatic nitrogens is 2. The molecule has 3 aromatic rings. The smallest absolute Gasteiger partial charge is 0.347 e. The minimum absolute atomic E-state index is 0.0865. The lowest BCUT2D eigenvalue weighted by atomic mass is 10.3. The van der Waals surface area contributed by atoms with Gasteiger partial charge in [-0.05, 0) is 31.2 Å². The number of fused-ring (bicyclic) bond motifs is 1. The first-order valence-electron chi connectivity index (χ1n) is 7.07. The van der Waals surface area contributed by atoms with E-state index in [-0.39, 0.29) is 12.2 Å². The fourth-order valence-corrected chi connectivity index (χ4v) is 2.85. The Morgan fingerprint density at radius 1 is 1.38 bits per heavy atom. The van der Waals surface area contributed by atoms with Crippen molar-refractivity contribution in [3.63, 3.8) is 0 Å². The third-order valence-corrected chi connectivity index (χ3v) is 4.19. The summed E-state index contributed by atoms with van der Waals surface area (Å²) >= 11 is 7.13. The van der Waals surface area contributed by atoms with Crippen molar-refractivity contribution in [2.24, 2.45) is 0 Å². The van der Waals surface area contributed by atoms with Gasteiger partial charge in [0.15, 0.2) is 11.1 Å². The van der Waals surface area contributed by atoms with Crippen molar-refractivity contribution in [1.29, 1.82) is 0 Å². The van der Waals surface area contributed by atoms with Crippen molar-refractivity contribution in [3.8, 4) is 5.75 Å². The Morgan fingerprint density at radius 3 is 2.88 bits per heavy atom. The van der Waals surface area contributed by atoms with Crippen LogP contribution in [0.1, 0.15) is 12.6 Å². The van der Waals surface area contributed by atoms with Gasteiger partial charge < -0.3 is 9.47 Å². The maximum absolute atomic E-state index is 12.0. The Balaban J connectivity index is 1.61. The van der Waals surface area contributed by atoms with Gasteiger partial charge in [-0.15, -0.1) is 11.3 Å². The first-order valence-corrected chi connectivity index (χ1v) is 8.33. The molecule has 0 fully saturated rings. The number of benzene rings is 1. The number of halogens is 1. The highest BCUT2D eigenvalue weighted by atomic mass is 35.5. The summed E-state index contributed by atoms with van der Waals surface area (Å²) in [5.74, 6) is -0.0293. The van der Waals surface area contributed by atoms with Crippen LogP contribution in [0.2, 0.25) is 5.02 Å². The van der Waals surface area contributed by atoms with E-state index < -0.39 is 12.1 Å². The lowest BCUT2D eigenvalue weighted by Gasteiger charge is -2.13. The Morgan fingerprint density at radius 2 is 2.12 bits per heavy atom. The van der Waals surface area contributed by atoms with Crippen LogP contribution in [0.25, 0.3) is 4.96 Å². The normalized spacial score (nSPS) is 12.1. The second-order valence-electron chi connectivity index (χ2n) is 4.96. The van der Waals surface area contributed by atoms with Crippen molar-refractivity contribution < 1.29 is 14.3 Å². The molecule has 0 amide bonds. The molecule has 0 saturated carbocycles. The average Bonchev–Trinajstić information content (AvgIpc) is 3.04. The molecule has 0 aliphatic rings. The van der Waals surface area contributed by atoms with Crippen LogP contribution in [-0.4, -0.2) is 21.5 Å². The molecule has 1 atom stereocenters. The maximum atomic E-state index is 12.0. The van der Waals surface area contributed by atoms with E-state index in [0.717, 1.165) is 0 Å². The second-order valence-corrected chi connectivity index (χ2v) is 6.27. The predicted molar refractivity (Wildman–Crippen MR) is 90.7 cm³/mol. The molecule has 0 bridgehead atoms. The van der Waals surface area contributed by atoms with Crippen LogP contribution in [0, 0.1) is 0 Å². The lowest BCUT2D eigenvalue weighted by molar-refractivity contribution is -0.152. The number of carbonyl (C=O) groups excluding carboxylic acids is 1. The largest absolute Gasteiger partial charge is 0.479 e. The molecule has 0 radical (unpaired) electrons. The maximum Gasteiger partial charge on any atom is 0.347 e. The molecule has 2 aromatic heterocycles. The minimum Gasteiger partial charge on any atom is -0.479 e. The Labute approximate surface area is 146 Å². The van der Waals surface area contributed by atoms with Crippen LogP contribution >= 0.6 is 22.9 Å². The van der Waals surface area contributed by atoms with Crippen LogP contribution < -0.4 is 10.3 Å². The van der Waals surface area contributed by atoms with Crippen LogP contribution in [0.5, 0.6) is 5.75 Å². The van der Waals surface area contributed by atoms with Crippen LogP contribution in [-0.2, 0) is 16.1 Å². The molecule has 0 unspecified atom stereocenters. The molecular weight excluding hydrogens is 352 g/mol. The number of nitrogens with zero attached hydrogens (tertiary/aromatic N) is 2. The molecule has 1 aromatic carbocycles. The molecule has 0 saturated heterocycles. The summed E-state index contributed by atoms with van der Waals surface area (Å²) in [5, 5.41) is 2.35. The van der Waals surface area contributed by atoms with Gasteiger partial charge in [0, 0.05) is 22.7 Å². The van der Waals surface area contributed by atoms with Gasteiger partial charge in [-0.1, -0.05) is 11.6 Å². The number of ether oxygens (including phenoxy) is 2. The van der Waals surface area contributed by atoms with Gasteiger partial charge in [-0.25, -0.2) is 9.78 Å². The van der Waals surface area contributed by atoms with Crippen molar-refractivity contribution in [1.82, 2.24) is 9.38 Å². The van der Waals surface area contributed by atoms with Crippen molar-refractivity contribution >= 4 is 33.9 Å². The number of carbonyl (C=O) groups is 1. The SMILES string of the molecule is C[C@@H](Oc1ccc(Cl)cc1)C(=O)OCc1cc(=O)n2ccsc2n1. The van der Waals surface area contributed by atoms with E-state index in [1.54, 1.807) is 42.8 Å². The first-order chi connectivity index (χ1) is 11.5. The summed E-state index contributed by atoms with van der Waals surface area (Å²) in [6, 6.07) is 8.02. The van der Waals surface area contributed by atoms with E-state index in [2.05, 4.69) is 4.98 Å². The Bertz CT molecular complexity index is 920. The quantitative estimate of drug-likeness (QED) is 0.651. The van der Waals surface area contributed by atoms with Gasteiger partial charge >= 0.3 is 5.97 Å². The zero-order valence-corrected chi connectivity index (χ0v) is 14.2. The number of hydrogen-bond acceptors (Lipinski definition) is 6. The molecule has 0 aliphatic heterocycles. The fraction of sp³-hybridized carbons (Fsp3) is 0.188. The second kappa shape index (κ2) is 7.02. The standard InChI is InChI=1S/C16H13ClN2O4S/c1-10(23-13-4-2-11(17)3-5-13)15(21)22-9-12-8-14(20)19-6-7-24-16(19)18-12/h2-8,10H,9H2,1H3/t10-/m1/s1. The Hall–Kier alpha value is -2.38. The molecular formula is C16H13ClN2O4S. The summed E-state index contributed by atoms with van der Waals surface area (Å²) in [6.07, 6.45) is 0.852. The molecule has 8 heteroatoms. The molecule has 124 valence electrons. The molecule has 24 heavy (non-hydrogen) atoms. The van der Waals surface area contributed by atoms with E-state index in [1.807, 2.05) is 0 Å². The van der Waals surface area contributed by atoms with Gasteiger partial charge in [0.1, 0.15) is 12.4 Å². The number of hydrogen-bond donors (Lipinski definition) is 0. The van der Waals surface area contributed by atoms with Crippen molar-refractivity contribution in [2.45, 2.75) is 19.6 Å². The summed E-state index contributed by atoms with van der Waals surface area (Å²) in [7, 11) is 0. The summed E-state index contributed by atoms with van der Waals surface area (Å²) in [4.78, 5) is 28.7. The number of thiazole rings is 1.